The molecule has 0 spiro atoms. The van der Waals surface area contributed by atoms with E-state index in [2.05, 4.69) is 0 Å². The molecule has 150 valence electrons. The van der Waals surface area contributed by atoms with Gasteiger partial charge in [0, 0.05) is 23.9 Å². The van der Waals surface area contributed by atoms with Gasteiger partial charge >= 0.3 is 12.1 Å². The Hall–Kier alpha value is -1.95. The molecule has 0 bridgehead atoms. The van der Waals surface area contributed by atoms with E-state index in [1.807, 2.05) is 20.8 Å². The molecule has 0 N–H and O–H groups in total. The Morgan fingerprint density at radius 1 is 1.22 bits per heavy atom. The van der Waals surface area contributed by atoms with E-state index in [-0.39, 0.29) is 24.5 Å². The highest BCUT2D eigenvalue weighted by molar-refractivity contribution is 6.30. The Bertz CT molecular complexity index is 641. The molecule has 0 aliphatic carbocycles. The second-order valence-corrected chi connectivity index (χ2v) is 8.00. The summed E-state index contributed by atoms with van der Waals surface area (Å²) in [6.45, 7) is 8.02. The highest BCUT2D eigenvalue weighted by Gasteiger charge is 2.38. The number of likely N-dealkylation sites (tertiary alicyclic amines) is 1. The lowest BCUT2D eigenvalue weighted by atomic mass is 10.1. The second-order valence-electron chi connectivity index (χ2n) is 7.56. The van der Waals surface area contributed by atoms with E-state index in [1.54, 1.807) is 36.1 Å². The summed E-state index contributed by atoms with van der Waals surface area (Å²) >= 11 is 5.91. The third-order valence-electron chi connectivity index (χ3n) is 4.11. The third-order valence-corrected chi connectivity index (χ3v) is 4.36. The number of amides is 1. The van der Waals surface area contributed by atoms with E-state index in [9.17, 15) is 9.59 Å². The van der Waals surface area contributed by atoms with Crippen molar-refractivity contribution in [3.8, 4) is 5.75 Å². The number of nitrogens with zero attached hydrogens (tertiary/aromatic N) is 1. The Balaban J connectivity index is 2.03. The number of halogens is 1. The first-order chi connectivity index (χ1) is 12.7. The molecule has 7 heteroatoms. The minimum atomic E-state index is -0.585. The summed E-state index contributed by atoms with van der Waals surface area (Å²) in [5.41, 5.74) is -0.585. The number of hydrogen-bond donors (Lipinski definition) is 0. The number of rotatable bonds is 6. The second kappa shape index (κ2) is 9.31. The van der Waals surface area contributed by atoms with E-state index >= 15 is 0 Å². The van der Waals surface area contributed by atoms with Crippen molar-refractivity contribution < 1.29 is 23.8 Å². The first kappa shape index (κ1) is 21.4. The zero-order chi connectivity index (χ0) is 20.0. The molecule has 1 fully saturated rings. The van der Waals surface area contributed by atoms with Crippen LogP contribution in [0.2, 0.25) is 5.02 Å². The van der Waals surface area contributed by atoms with Crippen molar-refractivity contribution in [3.05, 3.63) is 29.3 Å². The van der Waals surface area contributed by atoms with Gasteiger partial charge in [-0.05, 0) is 58.4 Å². The van der Waals surface area contributed by atoms with Gasteiger partial charge in [0.05, 0.1) is 13.2 Å². The molecule has 0 radical (unpaired) electrons. The maximum Gasteiger partial charge on any atom is 0.410 e. The molecule has 1 aromatic carbocycles. The van der Waals surface area contributed by atoms with Gasteiger partial charge in [0.15, 0.2) is 0 Å². The van der Waals surface area contributed by atoms with Crippen LogP contribution in [0.3, 0.4) is 0 Å². The molecule has 2 atom stereocenters. The van der Waals surface area contributed by atoms with Crippen LogP contribution < -0.4 is 4.74 Å². The summed E-state index contributed by atoms with van der Waals surface area (Å²) in [6.07, 6.45) is 0.829. The summed E-state index contributed by atoms with van der Waals surface area (Å²) in [4.78, 5) is 26.0. The molecule has 0 unspecified atom stereocenters. The van der Waals surface area contributed by atoms with Gasteiger partial charge in [-0.15, -0.1) is 0 Å². The number of benzene rings is 1. The fourth-order valence-electron chi connectivity index (χ4n) is 3.00. The average molecular weight is 398 g/mol. The molecule has 1 aliphatic heterocycles. The minimum absolute atomic E-state index is 0.137. The summed E-state index contributed by atoms with van der Waals surface area (Å²) in [7, 11) is 0. The summed E-state index contributed by atoms with van der Waals surface area (Å²) in [5, 5.41) is 0.636. The van der Waals surface area contributed by atoms with Gasteiger partial charge in [-0.1, -0.05) is 11.6 Å². The first-order valence-corrected chi connectivity index (χ1v) is 9.63. The average Bonchev–Trinajstić information content (AvgIpc) is 2.97. The van der Waals surface area contributed by atoms with Gasteiger partial charge in [-0.2, -0.15) is 0 Å². The Morgan fingerprint density at radius 2 is 1.89 bits per heavy atom. The van der Waals surface area contributed by atoms with Crippen molar-refractivity contribution in [2.24, 2.45) is 0 Å². The van der Waals surface area contributed by atoms with Gasteiger partial charge in [0.1, 0.15) is 17.5 Å². The number of carbonyl (C=O) groups excluding carboxylic acids is 2. The van der Waals surface area contributed by atoms with Crippen LogP contribution in [0.25, 0.3) is 0 Å². The smallest absolute Gasteiger partial charge is 0.410 e. The third kappa shape index (κ3) is 6.94. The van der Waals surface area contributed by atoms with E-state index in [1.165, 1.54) is 0 Å². The first-order valence-electron chi connectivity index (χ1n) is 9.25. The fraction of sp³-hybridized carbons (Fsp3) is 0.600. The zero-order valence-corrected chi connectivity index (χ0v) is 17.1. The lowest BCUT2D eigenvalue weighted by molar-refractivity contribution is -0.143. The van der Waals surface area contributed by atoms with Crippen LogP contribution in [0.5, 0.6) is 5.75 Å². The van der Waals surface area contributed by atoms with Crippen molar-refractivity contribution in [2.45, 2.75) is 64.7 Å². The lowest BCUT2D eigenvalue weighted by Gasteiger charge is -2.28. The maximum atomic E-state index is 12.6. The maximum absolute atomic E-state index is 12.6. The zero-order valence-electron chi connectivity index (χ0n) is 16.4. The molecule has 1 amide bonds. The molecule has 1 heterocycles. The predicted molar refractivity (Wildman–Crippen MR) is 103 cm³/mol. The number of hydrogen-bond acceptors (Lipinski definition) is 5. The molecule has 1 saturated heterocycles. The van der Waals surface area contributed by atoms with Crippen LogP contribution in [0.15, 0.2) is 24.3 Å². The van der Waals surface area contributed by atoms with E-state index in [0.717, 1.165) is 0 Å². The summed E-state index contributed by atoms with van der Waals surface area (Å²) < 4.78 is 16.5. The highest BCUT2D eigenvalue weighted by atomic mass is 35.5. The van der Waals surface area contributed by atoms with Gasteiger partial charge < -0.3 is 19.1 Å². The SMILES string of the molecule is CCOC(=O)CC[C@@H]1C[C@@H](Oc2ccc(Cl)cc2)CN1C(=O)OC(C)(C)C. The lowest BCUT2D eigenvalue weighted by Crippen LogP contribution is -2.40. The van der Waals surface area contributed by atoms with Crippen molar-refractivity contribution in [2.75, 3.05) is 13.2 Å². The number of carbonyl (C=O) groups is 2. The molecule has 0 saturated carbocycles. The van der Waals surface area contributed by atoms with Crippen molar-refractivity contribution in [1.29, 1.82) is 0 Å². The number of ether oxygens (including phenoxy) is 3. The minimum Gasteiger partial charge on any atom is -0.489 e. The molecule has 2 rings (SSSR count). The highest BCUT2D eigenvalue weighted by Crippen LogP contribution is 2.28. The van der Waals surface area contributed by atoms with Crippen LogP contribution in [-0.4, -0.2) is 47.9 Å². The topological polar surface area (TPSA) is 65.1 Å². The predicted octanol–water partition coefficient (Wildman–Crippen LogP) is 4.44. The fourth-order valence-corrected chi connectivity index (χ4v) is 3.13. The van der Waals surface area contributed by atoms with Crippen LogP contribution in [0, 0.1) is 0 Å². The van der Waals surface area contributed by atoms with Crippen molar-refractivity contribution >= 4 is 23.7 Å². The standard InChI is InChI=1S/C20H28ClNO5/c1-5-25-18(23)11-8-15-12-17(26-16-9-6-14(21)7-10-16)13-22(15)19(24)27-20(2,3)4/h6-7,9-10,15,17H,5,8,11-13H2,1-4H3/t15-,17-/m1/s1. The van der Waals surface area contributed by atoms with Gasteiger partial charge in [0.2, 0.25) is 0 Å². The number of esters is 1. The van der Waals surface area contributed by atoms with Gasteiger partial charge in [0.25, 0.3) is 0 Å². The van der Waals surface area contributed by atoms with Gasteiger partial charge in [-0.25, -0.2) is 4.79 Å². The Labute approximate surface area is 165 Å². The van der Waals surface area contributed by atoms with Crippen molar-refractivity contribution in [3.63, 3.8) is 0 Å². The Kier molecular flexibility index (Phi) is 7.36. The largest absolute Gasteiger partial charge is 0.489 e. The molecule has 27 heavy (non-hydrogen) atoms. The van der Waals surface area contributed by atoms with Gasteiger partial charge in [-0.3, -0.25) is 4.79 Å². The molecule has 1 aromatic rings. The van der Waals surface area contributed by atoms with Crippen LogP contribution >= 0.6 is 11.6 Å². The van der Waals surface area contributed by atoms with Crippen molar-refractivity contribution in [1.82, 2.24) is 4.90 Å². The van der Waals surface area contributed by atoms with Crippen LogP contribution in [0.1, 0.15) is 47.0 Å². The normalized spacial score (nSPS) is 19.7. The van der Waals surface area contributed by atoms with E-state index in [4.69, 9.17) is 25.8 Å². The van der Waals surface area contributed by atoms with E-state index < -0.39 is 11.7 Å². The molecule has 6 nitrogen and oxygen atoms in total. The molecular formula is C20H28ClNO5. The summed E-state index contributed by atoms with van der Waals surface area (Å²) in [5.74, 6) is 0.434. The molecule has 0 aromatic heterocycles. The quantitative estimate of drug-likeness (QED) is 0.664. The summed E-state index contributed by atoms with van der Waals surface area (Å²) in [6, 6.07) is 6.98. The van der Waals surface area contributed by atoms with Crippen LogP contribution in [-0.2, 0) is 14.3 Å². The monoisotopic (exact) mass is 397 g/mol. The van der Waals surface area contributed by atoms with Crippen LogP contribution in [0.4, 0.5) is 4.79 Å². The van der Waals surface area contributed by atoms with E-state index in [0.29, 0.717) is 36.8 Å². The Morgan fingerprint density at radius 3 is 2.48 bits per heavy atom. The molecule has 1 aliphatic rings. The molecular weight excluding hydrogens is 370 g/mol.